The van der Waals surface area contributed by atoms with Crippen LogP contribution in [-0.2, 0) is 17.8 Å². The van der Waals surface area contributed by atoms with Crippen LogP contribution in [0.2, 0.25) is 0 Å². The molecule has 18 heavy (non-hydrogen) atoms. The second-order valence-electron chi connectivity index (χ2n) is 6.31. The van der Waals surface area contributed by atoms with Crippen LogP contribution in [0.4, 0.5) is 0 Å². The van der Waals surface area contributed by atoms with E-state index in [2.05, 4.69) is 49.0 Å². The fourth-order valence-corrected chi connectivity index (χ4v) is 2.35. The van der Waals surface area contributed by atoms with Crippen LogP contribution < -0.4 is 5.32 Å². The molecule has 0 atom stereocenters. The average Bonchev–Trinajstić information content (AvgIpc) is 2.74. The Labute approximate surface area is 111 Å². The summed E-state index contributed by atoms with van der Waals surface area (Å²) in [5.74, 6) is 0.777. The van der Waals surface area contributed by atoms with E-state index >= 15 is 0 Å². The van der Waals surface area contributed by atoms with E-state index in [9.17, 15) is 0 Å². The van der Waals surface area contributed by atoms with Crippen LogP contribution in [0.25, 0.3) is 0 Å². The van der Waals surface area contributed by atoms with Crippen LogP contribution in [0, 0.1) is 5.92 Å². The van der Waals surface area contributed by atoms with Gasteiger partial charge in [0, 0.05) is 43.7 Å². The monoisotopic (exact) mass is 250 g/mol. The first-order valence-corrected chi connectivity index (χ1v) is 7.01. The average molecular weight is 250 g/mol. The van der Waals surface area contributed by atoms with Gasteiger partial charge < -0.3 is 14.6 Å². The molecule has 0 spiro atoms. The summed E-state index contributed by atoms with van der Waals surface area (Å²) in [6.07, 6.45) is 4.60. The first-order valence-electron chi connectivity index (χ1n) is 7.01. The zero-order chi connectivity index (χ0) is 13.0. The van der Waals surface area contributed by atoms with E-state index in [1.807, 2.05) is 0 Å². The normalized spacial score (nSPS) is 18.2. The molecule has 1 N–H and O–H groups in total. The third-order valence-electron chi connectivity index (χ3n) is 3.52. The largest absolute Gasteiger partial charge is 0.381 e. The fourth-order valence-electron chi connectivity index (χ4n) is 2.35. The van der Waals surface area contributed by atoms with E-state index in [4.69, 9.17) is 4.74 Å². The highest BCUT2D eigenvalue weighted by molar-refractivity contribution is 5.07. The van der Waals surface area contributed by atoms with E-state index in [0.29, 0.717) is 0 Å². The minimum atomic E-state index is 0.174. The summed E-state index contributed by atoms with van der Waals surface area (Å²) in [7, 11) is 0. The Kier molecular flexibility index (Phi) is 4.46. The van der Waals surface area contributed by atoms with Gasteiger partial charge in [0.15, 0.2) is 0 Å². The molecule has 0 amide bonds. The summed E-state index contributed by atoms with van der Waals surface area (Å²) in [6.45, 7) is 10.6. The number of nitrogens with one attached hydrogen (secondary N) is 1. The van der Waals surface area contributed by atoms with Crippen molar-refractivity contribution in [3.63, 3.8) is 0 Å². The molecule has 0 radical (unpaired) electrons. The summed E-state index contributed by atoms with van der Waals surface area (Å²) in [5, 5.41) is 3.56. The minimum absolute atomic E-state index is 0.174. The standard InChI is InChI=1S/C15H26N2O/c1-15(2,3)16-11-14-5-4-8-17(14)12-13-6-9-18-10-7-13/h4-5,8,13,16H,6-7,9-12H2,1-3H3. The summed E-state index contributed by atoms with van der Waals surface area (Å²) in [6, 6.07) is 4.37. The van der Waals surface area contributed by atoms with Gasteiger partial charge in [-0.3, -0.25) is 0 Å². The second-order valence-corrected chi connectivity index (χ2v) is 6.31. The van der Waals surface area contributed by atoms with Crippen LogP contribution in [0.5, 0.6) is 0 Å². The van der Waals surface area contributed by atoms with E-state index < -0.39 is 0 Å². The van der Waals surface area contributed by atoms with Gasteiger partial charge in [0.05, 0.1) is 0 Å². The van der Waals surface area contributed by atoms with Crippen molar-refractivity contribution >= 4 is 0 Å². The van der Waals surface area contributed by atoms with Gasteiger partial charge in [-0.15, -0.1) is 0 Å². The van der Waals surface area contributed by atoms with Crippen LogP contribution in [-0.4, -0.2) is 23.3 Å². The first kappa shape index (κ1) is 13.6. The summed E-state index contributed by atoms with van der Waals surface area (Å²) >= 11 is 0. The Morgan fingerprint density at radius 3 is 2.72 bits per heavy atom. The van der Waals surface area contributed by atoms with Crippen molar-refractivity contribution in [2.75, 3.05) is 13.2 Å². The van der Waals surface area contributed by atoms with Gasteiger partial charge in [0.25, 0.3) is 0 Å². The van der Waals surface area contributed by atoms with E-state index in [1.165, 1.54) is 18.5 Å². The van der Waals surface area contributed by atoms with Crippen LogP contribution >= 0.6 is 0 Å². The van der Waals surface area contributed by atoms with Crippen LogP contribution in [0.3, 0.4) is 0 Å². The second kappa shape index (κ2) is 5.89. The lowest BCUT2D eigenvalue weighted by molar-refractivity contribution is 0.0610. The van der Waals surface area contributed by atoms with Gasteiger partial charge in [0.1, 0.15) is 0 Å². The van der Waals surface area contributed by atoms with Gasteiger partial charge in [-0.25, -0.2) is 0 Å². The number of nitrogens with zero attached hydrogens (tertiary/aromatic N) is 1. The maximum atomic E-state index is 5.42. The molecule has 3 nitrogen and oxygen atoms in total. The summed E-state index contributed by atoms with van der Waals surface area (Å²) < 4.78 is 7.82. The van der Waals surface area contributed by atoms with Gasteiger partial charge in [-0.05, 0) is 51.7 Å². The zero-order valence-corrected chi connectivity index (χ0v) is 11.9. The van der Waals surface area contributed by atoms with Crippen molar-refractivity contribution in [1.29, 1.82) is 0 Å². The minimum Gasteiger partial charge on any atom is -0.381 e. The molecule has 1 aromatic heterocycles. The van der Waals surface area contributed by atoms with Crippen molar-refractivity contribution in [3.8, 4) is 0 Å². The lowest BCUT2D eigenvalue weighted by Crippen LogP contribution is -2.35. The molecule has 0 aromatic carbocycles. The highest BCUT2D eigenvalue weighted by Gasteiger charge is 2.16. The van der Waals surface area contributed by atoms with Crippen molar-refractivity contribution in [3.05, 3.63) is 24.0 Å². The zero-order valence-electron chi connectivity index (χ0n) is 11.9. The van der Waals surface area contributed by atoms with Crippen LogP contribution in [0.1, 0.15) is 39.3 Å². The maximum absolute atomic E-state index is 5.42. The molecule has 1 saturated heterocycles. The van der Waals surface area contributed by atoms with Gasteiger partial charge in [0.2, 0.25) is 0 Å². The van der Waals surface area contributed by atoms with Gasteiger partial charge >= 0.3 is 0 Å². The summed E-state index contributed by atoms with van der Waals surface area (Å²) in [5.41, 5.74) is 1.56. The Morgan fingerprint density at radius 1 is 1.33 bits per heavy atom. The van der Waals surface area contributed by atoms with Crippen molar-refractivity contribution in [1.82, 2.24) is 9.88 Å². The quantitative estimate of drug-likeness (QED) is 0.889. The van der Waals surface area contributed by atoms with E-state index in [1.54, 1.807) is 0 Å². The number of hydrogen-bond donors (Lipinski definition) is 1. The van der Waals surface area contributed by atoms with Crippen molar-refractivity contribution < 1.29 is 4.74 Å². The van der Waals surface area contributed by atoms with Crippen LogP contribution in [0.15, 0.2) is 18.3 Å². The van der Waals surface area contributed by atoms with E-state index in [0.717, 1.165) is 32.2 Å². The molecule has 0 unspecified atom stereocenters. The molecule has 1 aliphatic heterocycles. The third kappa shape index (κ3) is 4.14. The molecule has 102 valence electrons. The Balaban J connectivity index is 1.90. The fraction of sp³-hybridized carbons (Fsp3) is 0.733. The topological polar surface area (TPSA) is 26.2 Å². The smallest absolute Gasteiger partial charge is 0.0469 e. The number of hydrogen-bond acceptors (Lipinski definition) is 2. The molecule has 2 rings (SSSR count). The lowest BCUT2D eigenvalue weighted by Gasteiger charge is -2.25. The first-order chi connectivity index (χ1) is 8.54. The number of aromatic nitrogens is 1. The van der Waals surface area contributed by atoms with Crippen molar-refractivity contribution in [2.45, 2.75) is 52.2 Å². The maximum Gasteiger partial charge on any atom is 0.0469 e. The lowest BCUT2D eigenvalue weighted by atomic mass is 10.0. The Bertz CT molecular complexity index is 359. The molecule has 2 heterocycles. The molecule has 1 fully saturated rings. The SMILES string of the molecule is CC(C)(C)NCc1cccn1CC1CCOCC1. The number of rotatable bonds is 4. The molecular weight excluding hydrogens is 224 g/mol. The Hall–Kier alpha value is -0.800. The molecule has 1 aliphatic rings. The molecular formula is C15H26N2O. The predicted octanol–water partition coefficient (Wildman–Crippen LogP) is 2.80. The van der Waals surface area contributed by atoms with E-state index in [-0.39, 0.29) is 5.54 Å². The third-order valence-corrected chi connectivity index (χ3v) is 3.52. The molecule has 0 aliphatic carbocycles. The molecule has 0 saturated carbocycles. The molecule has 3 heteroatoms. The highest BCUT2D eigenvalue weighted by Crippen LogP contribution is 2.18. The predicted molar refractivity (Wildman–Crippen MR) is 74.6 cm³/mol. The van der Waals surface area contributed by atoms with Crippen molar-refractivity contribution in [2.24, 2.45) is 5.92 Å². The van der Waals surface area contributed by atoms with Gasteiger partial charge in [-0.2, -0.15) is 0 Å². The summed E-state index contributed by atoms with van der Waals surface area (Å²) in [4.78, 5) is 0. The number of ether oxygens (including phenoxy) is 1. The molecule has 0 bridgehead atoms. The highest BCUT2D eigenvalue weighted by atomic mass is 16.5. The molecule has 1 aromatic rings. The van der Waals surface area contributed by atoms with Gasteiger partial charge in [-0.1, -0.05) is 0 Å². The Morgan fingerprint density at radius 2 is 2.06 bits per heavy atom.